The lowest BCUT2D eigenvalue weighted by Gasteiger charge is -2.09. The van der Waals surface area contributed by atoms with Crippen molar-refractivity contribution in [3.8, 4) is 10.6 Å². The molecule has 0 spiro atoms. The van der Waals surface area contributed by atoms with Gasteiger partial charge in [-0.1, -0.05) is 36.4 Å². The summed E-state index contributed by atoms with van der Waals surface area (Å²) in [6.07, 6.45) is 1.84. The molecule has 0 saturated heterocycles. The van der Waals surface area contributed by atoms with Gasteiger partial charge in [0.25, 0.3) is 0 Å². The van der Waals surface area contributed by atoms with Crippen molar-refractivity contribution >= 4 is 17.0 Å². The molecule has 1 aromatic heterocycles. The van der Waals surface area contributed by atoms with Gasteiger partial charge in [-0.25, -0.2) is 4.98 Å². The lowest BCUT2D eigenvalue weighted by Crippen LogP contribution is -2.01. The van der Waals surface area contributed by atoms with Crippen LogP contribution < -0.4 is 5.32 Å². The van der Waals surface area contributed by atoms with E-state index in [2.05, 4.69) is 65.8 Å². The number of aryl methyl sites for hydroxylation is 1. The van der Waals surface area contributed by atoms with Crippen LogP contribution in [0.25, 0.3) is 10.6 Å². The molecule has 0 radical (unpaired) electrons. The molecule has 0 fully saturated rings. The van der Waals surface area contributed by atoms with Crippen molar-refractivity contribution in [2.45, 2.75) is 13.5 Å². The highest BCUT2D eigenvalue weighted by Gasteiger charge is 2.02. The number of nitrogens with zero attached hydrogens (tertiary/aromatic N) is 1. The molecule has 0 aliphatic rings. The first-order valence-electron chi connectivity index (χ1n) is 6.61. The third kappa shape index (κ3) is 2.89. The fraction of sp³-hybridized carbons (Fsp3) is 0.118. The van der Waals surface area contributed by atoms with Crippen molar-refractivity contribution in [2.24, 2.45) is 0 Å². The maximum Gasteiger partial charge on any atom is 0.123 e. The van der Waals surface area contributed by atoms with Gasteiger partial charge in [-0.05, 0) is 30.2 Å². The van der Waals surface area contributed by atoms with Crippen molar-refractivity contribution in [3.63, 3.8) is 0 Å². The van der Waals surface area contributed by atoms with Crippen molar-refractivity contribution in [1.82, 2.24) is 4.98 Å². The Morgan fingerprint density at radius 3 is 2.80 bits per heavy atom. The molecule has 0 unspecified atom stereocenters. The number of benzene rings is 2. The minimum Gasteiger partial charge on any atom is -0.381 e. The Hall–Kier alpha value is -2.13. The fourth-order valence-corrected chi connectivity index (χ4v) is 2.77. The highest BCUT2D eigenvalue weighted by atomic mass is 32.1. The molecule has 1 N–H and O–H groups in total. The second kappa shape index (κ2) is 5.88. The van der Waals surface area contributed by atoms with Gasteiger partial charge in [-0.3, -0.25) is 0 Å². The number of nitrogens with one attached hydrogen (secondary N) is 1. The summed E-state index contributed by atoms with van der Waals surface area (Å²) in [4.78, 5) is 4.35. The van der Waals surface area contributed by atoms with Crippen molar-refractivity contribution in [2.75, 3.05) is 5.32 Å². The van der Waals surface area contributed by atoms with Gasteiger partial charge in [0.1, 0.15) is 5.01 Å². The first kappa shape index (κ1) is 12.9. The van der Waals surface area contributed by atoms with Gasteiger partial charge in [-0.15, -0.1) is 11.3 Å². The Balaban J connectivity index is 1.75. The smallest absolute Gasteiger partial charge is 0.123 e. The van der Waals surface area contributed by atoms with Gasteiger partial charge < -0.3 is 5.32 Å². The highest BCUT2D eigenvalue weighted by molar-refractivity contribution is 7.13. The molecule has 0 aliphatic carbocycles. The molecule has 3 aromatic rings. The zero-order chi connectivity index (χ0) is 13.8. The van der Waals surface area contributed by atoms with Gasteiger partial charge in [0, 0.05) is 29.4 Å². The number of thiazole rings is 1. The summed E-state index contributed by atoms with van der Waals surface area (Å²) < 4.78 is 0. The van der Waals surface area contributed by atoms with Crippen LogP contribution >= 0.6 is 11.3 Å². The molecule has 0 atom stereocenters. The normalized spacial score (nSPS) is 10.4. The Bertz CT molecular complexity index is 690. The Morgan fingerprint density at radius 2 is 2.00 bits per heavy atom. The number of anilines is 1. The molecule has 3 rings (SSSR count). The number of aromatic nitrogens is 1. The van der Waals surface area contributed by atoms with Crippen molar-refractivity contribution < 1.29 is 0 Å². The Morgan fingerprint density at radius 1 is 1.10 bits per heavy atom. The zero-order valence-electron chi connectivity index (χ0n) is 11.3. The highest BCUT2D eigenvalue weighted by Crippen LogP contribution is 2.24. The predicted molar refractivity (Wildman–Crippen MR) is 86.1 cm³/mol. The van der Waals surface area contributed by atoms with Crippen LogP contribution in [0.2, 0.25) is 0 Å². The summed E-state index contributed by atoms with van der Waals surface area (Å²) in [5.41, 5.74) is 4.93. The van der Waals surface area contributed by atoms with E-state index < -0.39 is 0 Å². The molecule has 0 saturated carbocycles. The van der Waals surface area contributed by atoms with E-state index in [4.69, 9.17) is 0 Å². The largest absolute Gasteiger partial charge is 0.381 e. The van der Waals surface area contributed by atoms with Crippen LogP contribution in [0.4, 0.5) is 5.69 Å². The fourth-order valence-electron chi connectivity index (χ4n) is 2.13. The molecular weight excluding hydrogens is 264 g/mol. The van der Waals surface area contributed by atoms with Crippen LogP contribution in [-0.4, -0.2) is 4.98 Å². The molecule has 0 aliphatic heterocycles. The monoisotopic (exact) mass is 280 g/mol. The average Bonchev–Trinajstić information content (AvgIpc) is 3.01. The van der Waals surface area contributed by atoms with Crippen molar-refractivity contribution in [1.29, 1.82) is 0 Å². The van der Waals surface area contributed by atoms with E-state index >= 15 is 0 Å². The van der Waals surface area contributed by atoms with Gasteiger partial charge in [0.15, 0.2) is 0 Å². The van der Waals surface area contributed by atoms with E-state index in [1.54, 1.807) is 11.3 Å². The first-order valence-corrected chi connectivity index (χ1v) is 7.49. The summed E-state index contributed by atoms with van der Waals surface area (Å²) in [5.74, 6) is 0. The van der Waals surface area contributed by atoms with E-state index in [1.807, 2.05) is 11.6 Å². The molecule has 2 aromatic carbocycles. The van der Waals surface area contributed by atoms with Crippen LogP contribution in [0, 0.1) is 6.92 Å². The summed E-state index contributed by atoms with van der Waals surface area (Å²) in [5, 5.41) is 6.54. The third-order valence-corrected chi connectivity index (χ3v) is 4.11. The Kier molecular flexibility index (Phi) is 3.79. The molecule has 1 heterocycles. The Labute approximate surface area is 123 Å². The molecular formula is C17H16N2S. The minimum absolute atomic E-state index is 0.841. The SMILES string of the molecule is Cc1ccccc1CNc1cccc(-c2nccs2)c1. The predicted octanol–water partition coefficient (Wildman–Crippen LogP) is 4.73. The first-order chi connectivity index (χ1) is 9.83. The summed E-state index contributed by atoms with van der Waals surface area (Å²) in [6.45, 7) is 2.98. The van der Waals surface area contributed by atoms with E-state index in [9.17, 15) is 0 Å². The molecule has 0 amide bonds. The molecule has 100 valence electrons. The van der Waals surface area contributed by atoms with E-state index in [0.717, 1.165) is 22.8 Å². The van der Waals surface area contributed by atoms with Gasteiger partial charge in [-0.2, -0.15) is 0 Å². The lowest BCUT2D eigenvalue weighted by atomic mass is 10.1. The molecule has 0 bridgehead atoms. The van der Waals surface area contributed by atoms with Gasteiger partial charge in [0.05, 0.1) is 0 Å². The van der Waals surface area contributed by atoms with E-state index in [-0.39, 0.29) is 0 Å². The van der Waals surface area contributed by atoms with Crippen LogP contribution in [0.15, 0.2) is 60.1 Å². The topological polar surface area (TPSA) is 24.9 Å². The maximum atomic E-state index is 4.35. The van der Waals surface area contributed by atoms with Crippen LogP contribution in [0.3, 0.4) is 0 Å². The van der Waals surface area contributed by atoms with Crippen LogP contribution in [-0.2, 0) is 6.54 Å². The third-order valence-electron chi connectivity index (χ3n) is 3.29. The van der Waals surface area contributed by atoms with E-state index in [1.165, 1.54) is 11.1 Å². The minimum atomic E-state index is 0.841. The number of hydrogen-bond donors (Lipinski definition) is 1. The number of rotatable bonds is 4. The maximum absolute atomic E-state index is 4.35. The lowest BCUT2D eigenvalue weighted by molar-refractivity contribution is 1.12. The van der Waals surface area contributed by atoms with Crippen LogP contribution in [0.5, 0.6) is 0 Å². The quantitative estimate of drug-likeness (QED) is 0.747. The second-order valence-corrected chi connectivity index (χ2v) is 5.59. The molecule has 2 nitrogen and oxygen atoms in total. The van der Waals surface area contributed by atoms with E-state index in [0.29, 0.717) is 0 Å². The summed E-state index contributed by atoms with van der Waals surface area (Å²) in [6, 6.07) is 16.9. The average molecular weight is 280 g/mol. The standard InChI is InChI=1S/C17H16N2S/c1-13-5-2-3-6-15(13)12-19-16-8-4-7-14(11-16)17-18-9-10-20-17/h2-11,19H,12H2,1H3. The summed E-state index contributed by atoms with van der Waals surface area (Å²) >= 11 is 1.66. The van der Waals surface area contributed by atoms with Gasteiger partial charge >= 0.3 is 0 Å². The number of hydrogen-bond acceptors (Lipinski definition) is 3. The van der Waals surface area contributed by atoms with Crippen molar-refractivity contribution in [3.05, 3.63) is 71.2 Å². The summed E-state index contributed by atoms with van der Waals surface area (Å²) in [7, 11) is 0. The second-order valence-electron chi connectivity index (χ2n) is 4.70. The molecule has 3 heteroatoms. The molecule has 20 heavy (non-hydrogen) atoms. The van der Waals surface area contributed by atoms with Gasteiger partial charge in [0.2, 0.25) is 0 Å². The van der Waals surface area contributed by atoms with Crippen LogP contribution in [0.1, 0.15) is 11.1 Å². The zero-order valence-corrected chi connectivity index (χ0v) is 12.2.